The average molecular weight is 201 g/mol. The van der Waals surface area contributed by atoms with E-state index in [9.17, 15) is 0 Å². The molecule has 0 radical (unpaired) electrons. The van der Waals surface area contributed by atoms with Crippen LogP contribution in [-0.4, -0.2) is 34.3 Å². The molecule has 1 unspecified atom stereocenters. The highest BCUT2D eigenvalue weighted by Crippen LogP contribution is 2.08. The largest absolute Gasteiger partial charge is 0.399 e. The first-order valence-corrected chi connectivity index (χ1v) is 5.74. The van der Waals surface area contributed by atoms with Crippen molar-refractivity contribution < 1.29 is 8.85 Å². The third kappa shape index (κ3) is 3.83. The fourth-order valence-electron chi connectivity index (χ4n) is 0.651. The molecule has 0 saturated carbocycles. The van der Waals surface area contributed by atoms with Crippen LogP contribution < -0.4 is 0 Å². The topological polar surface area (TPSA) is 18.5 Å². The van der Waals surface area contributed by atoms with Crippen LogP contribution in [0.1, 0.15) is 6.42 Å². The van der Waals surface area contributed by atoms with Gasteiger partial charge in [-0.3, -0.25) is 0 Å². The van der Waals surface area contributed by atoms with Crippen LogP contribution in [0.25, 0.3) is 0 Å². The Balaban J connectivity index is 3.53. The Labute approximate surface area is 74.1 Å². The van der Waals surface area contributed by atoms with E-state index in [0.717, 1.165) is 12.2 Å². The van der Waals surface area contributed by atoms with Crippen molar-refractivity contribution in [3.63, 3.8) is 0 Å². The Morgan fingerprint density at radius 2 is 2.00 bits per heavy atom. The van der Waals surface area contributed by atoms with Crippen molar-refractivity contribution in [2.75, 3.05) is 20.0 Å². The molecule has 0 rings (SSSR count). The highest BCUT2D eigenvalue weighted by Gasteiger charge is 2.20. The summed E-state index contributed by atoms with van der Waals surface area (Å²) < 4.78 is 10.1. The van der Waals surface area contributed by atoms with Gasteiger partial charge in [-0.1, -0.05) is 0 Å². The second-order valence-corrected chi connectivity index (χ2v) is 5.78. The van der Waals surface area contributed by atoms with Gasteiger partial charge < -0.3 is 8.85 Å². The van der Waals surface area contributed by atoms with E-state index < -0.39 is 9.28 Å². The zero-order valence-electron chi connectivity index (χ0n) is 6.21. The molecule has 0 aromatic heterocycles. The summed E-state index contributed by atoms with van der Waals surface area (Å²) >= 11 is 9.97. The number of halogens is 1. The van der Waals surface area contributed by atoms with Crippen molar-refractivity contribution in [2.24, 2.45) is 0 Å². The Morgan fingerprint density at radius 1 is 1.50 bits per heavy atom. The van der Waals surface area contributed by atoms with Crippen LogP contribution in [0.4, 0.5) is 0 Å². The van der Waals surface area contributed by atoms with Crippen molar-refractivity contribution in [3.8, 4) is 0 Å². The maximum absolute atomic E-state index is 5.91. The molecule has 0 aromatic rings. The van der Waals surface area contributed by atoms with E-state index >= 15 is 0 Å². The minimum Gasteiger partial charge on any atom is -0.399 e. The summed E-state index contributed by atoms with van der Waals surface area (Å²) in [6.07, 6.45) is 0.850. The van der Waals surface area contributed by atoms with E-state index in [4.69, 9.17) is 20.5 Å². The number of rotatable bonds is 5. The smallest absolute Gasteiger partial charge is 0.339 e. The minimum atomic E-state index is -1.59. The first kappa shape index (κ1) is 10.8. The highest BCUT2D eigenvalue weighted by atomic mass is 35.5. The summed E-state index contributed by atoms with van der Waals surface area (Å²) in [5.41, 5.74) is 0. The molecule has 0 aliphatic heterocycles. The van der Waals surface area contributed by atoms with Crippen LogP contribution in [-0.2, 0) is 8.85 Å². The molecule has 62 valence electrons. The molecule has 0 aromatic carbocycles. The fraction of sp³-hybridized carbons (Fsp3) is 1.00. The van der Waals surface area contributed by atoms with E-state index in [1.165, 1.54) is 0 Å². The normalized spacial score (nSPS) is 14.1. The second-order valence-electron chi connectivity index (χ2n) is 1.87. The lowest BCUT2D eigenvalue weighted by Crippen LogP contribution is -2.31. The third-order valence-electron chi connectivity index (χ3n) is 1.16. The number of thiol groups is 1. The van der Waals surface area contributed by atoms with Crippen molar-refractivity contribution in [3.05, 3.63) is 0 Å². The predicted octanol–water partition coefficient (Wildman–Crippen LogP) is 0.966. The van der Waals surface area contributed by atoms with Gasteiger partial charge in [0.1, 0.15) is 0 Å². The number of hydrogen-bond acceptors (Lipinski definition) is 3. The zero-order valence-corrected chi connectivity index (χ0v) is 9.02. The van der Waals surface area contributed by atoms with Gasteiger partial charge in [0, 0.05) is 14.2 Å². The van der Waals surface area contributed by atoms with Crippen LogP contribution in [0.3, 0.4) is 0 Å². The maximum Gasteiger partial charge on any atom is 0.339 e. The molecule has 0 N–H and O–H groups in total. The summed E-state index contributed by atoms with van der Waals surface area (Å²) in [6.45, 7) is 0. The third-order valence-corrected chi connectivity index (χ3v) is 4.11. The Morgan fingerprint density at radius 3 is 2.30 bits per heavy atom. The SMILES string of the molecule is CO[SiH](OC)C(Cl)CCS. The first-order chi connectivity index (χ1) is 4.76. The van der Waals surface area contributed by atoms with Crippen molar-refractivity contribution >= 4 is 33.5 Å². The molecule has 0 bridgehead atoms. The lowest BCUT2D eigenvalue weighted by Gasteiger charge is -2.15. The molecular formula is C5H13ClO2SSi. The highest BCUT2D eigenvalue weighted by molar-refractivity contribution is 7.80. The van der Waals surface area contributed by atoms with E-state index in [-0.39, 0.29) is 5.00 Å². The van der Waals surface area contributed by atoms with Gasteiger partial charge in [-0.15, -0.1) is 11.6 Å². The van der Waals surface area contributed by atoms with Crippen LogP contribution in [0.2, 0.25) is 0 Å². The number of alkyl halides is 1. The van der Waals surface area contributed by atoms with Gasteiger partial charge in [0.2, 0.25) is 0 Å². The predicted molar refractivity (Wildman–Crippen MR) is 49.3 cm³/mol. The van der Waals surface area contributed by atoms with Crippen LogP contribution in [0, 0.1) is 0 Å². The molecule has 2 nitrogen and oxygen atoms in total. The average Bonchev–Trinajstić information content (AvgIpc) is 1.91. The van der Waals surface area contributed by atoms with Gasteiger partial charge in [0.15, 0.2) is 0 Å². The summed E-state index contributed by atoms with van der Waals surface area (Å²) in [4.78, 5) is 0. The molecule has 0 saturated heterocycles. The molecule has 1 atom stereocenters. The van der Waals surface area contributed by atoms with Gasteiger partial charge >= 0.3 is 9.28 Å². The van der Waals surface area contributed by atoms with Crippen molar-refractivity contribution in [1.29, 1.82) is 0 Å². The second kappa shape index (κ2) is 6.48. The Hall–Kier alpha value is 0.777. The molecule has 0 amide bonds. The molecule has 5 heteroatoms. The minimum absolute atomic E-state index is 0.0347. The van der Waals surface area contributed by atoms with Gasteiger partial charge in [0.25, 0.3) is 0 Å². The summed E-state index contributed by atoms with van der Waals surface area (Å²) in [6, 6.07) is 0. The van der Waals surface area contributed by atoms with Crippen molar-refractivity contribution in [1.82, 2.24) is 0 Å². The van der Waals surface area contributed by atoms with Gasteiger partial charge in [-0.05, 0) is 12.2 Å². The first-order valence-electron chi connectivity index (χ1n) is 3.06. The van der Waals surface area contributed by atoms with E-state index in [1.54, 1.807) is 14.2 Å². The lowest BCUT2D eigenvalue weighted by atomic mass is 10.6. The monoisotopic (exact) mass is 200 g/mol. The van der Waals surface area contributed by atoms with Gasteiger partial charge in [-0.2, -0.15) is 12.6 Å². The molecule has 0 fully saturated rings. The molecule has 0 aliphatic rings. The van der Waals surface area contributed by atoms with Crippen molar-refractivity contribution in [2.45, 2.75) is 11.4 Å². The standard InChI is InChI=1S/C5H13ClO2SSi/c1-7-10(8-2)5(6)3-4-9/h5,9-10H,3-4H2,1-2H3. The van der Waals surface area contributed by atoms with Crippen LogP contribution in [0.5, 0.6) is 0 Å². The fourth-order valence-corrected chi connectivity index (χ4v) is 3.31. The Kier molecular flexibility index (Phi) is 6.99. The lowest BCUT2D eigenvalue weighted by molar-refractivity contribution is 0.274. The maximum atomic E-state index is 5.91. The summed E-state index contributed by atoms with van der Waals surface area (Å²) in [5.74, 6) is 0.782. The Bertz CT molecular complexity index is 82.0. The molecule has 10 heavy (non-hydrogen) atoms. The molecule has 0 spiro atoms. The molecular weight excluding hydrogens is 188 g/mol. The summed E-state index contributed by atoms with van der Waals surface area (Å²) in [7, 11) is 1.68. The molecule has 0 heterocycles. The summed E-state index contributed by atoms with van der Waals surface area (Å²) in [5, 5.41) is 0.0347. The van der Waals surface area contributed by atoms with Gasteiger partial charge in [-0.25, -0.2) is 0 Å². The van der Waals surface area contributed by atoms with Crippen LogP contribution >= 0.6 is 24.2 Å². The van der Waals surface area contributed by atoms with Gasteiger partial charge in [0.05, 0.1) is 5.00 Å². The van der Waals surface area contributed by atoms with Crippen LogP contribution in [0.15, 0.2) is 0 Å². The quantitative estimate of drug-likeness (QED) is 0.405. The van der Waals surface area contributed by atoms with E-state index in [1.807, 2.05) is 0 Å². The van der Waals surface area contributed by atoms with E-state index in [2.05, 4.69) is 12.6 Å². The molecule has 0 aliphatic carbocycles. The number of hydrogen-bond donors (Lipinski definition) is 1. The zero-order chi connectivity index (χ0) is 7.98. The van der Waals surface area contributed by atoms with E-state index in [0.29, 0.717) is 0 Å².